The van der Waals surface area contributed by atoms with E-state index in [0.29, 0.717) is 0 Å². The van der Waals surface area contributed by atoms with Crippen LogP contribution in [0, 0.1) is 0 Å². The van der Waals surface area contributed by atoms with Crippen molar-refractivity contribution in [1.82, 2.24) is 19.9 Å². The molecule has 4 nitrogen and oxygen atoms in total. The van der Waals surface area contributed by atoms with Crippen molar-refractivity contribution >= 4 is 21.5 Å². The van der Waals surface area contributed by atoms with Crippen molar-refractivity contribution in [2.75, 3.05) is 0 Å². The molecule has 0 spiro atoms. The van der Waals surface area contributed by atoms with Gasteiger partial charge in [-0.1, -0.05) is 84.9 Å². The molecule has 0 atom stereocenters. The lowest BCUT2D eigenvalue weighted by molar-refractivity contribution is 1.30. The van der Waals surface area contributed by atoms with Crippen LogP contribution in [0.3, 0.4) is 0 Å². The standard InChI is InChI=1S/C46H30N4/c1-2-7-31(8-3-1)34-9-6-10-35(27-34)36-13-14-39-42(28-36)46(41-20-26-50-30-44(41)33-17-23-48-24-18-33)38-12-5-4-11-37(38)45(39)40-19-25-49-29-43(40)32-15-21-47-22-16-32/h1-30H. The van der Waals surface area contributed by atoms with Crippen molar-refractivity contribution in [1.29, 1.82) is 0 Å². The minimum atomic E-state index is 1.06. The molecule has 4 heterocycles. The molecule has 9 aromatic rings. The fourth-order valence-corrected chi connectivity index (χ4v) is 7.20. The highest BCUT2D eigenvalue weighted by Crippen LogP contribution is 2.48. The highest BCUT2D eigenvalue weighted by atomic mass is 14.6. The molecule has 50 heavy (non-hydrogen) atoms. The smallest absolute Gasteiger partial charge is 0.0352 e. The number of rotatable bonds is 6. The van der Waals surface area contributed by atoms with Gasteiger partial charge < -0.3 is 0 Å². The first kappa shape index (κ1) is 29.4. The van der Waals surface area contributed by atoms with Gasteiger partial charge >= 0.3 is 0 Å². The van der Waals surface area contributed by atoms with Crippen molar-refractivity contribution in [3.05, 3.63) is 183 Å². The second kappa shape index (κ2) is 12.7. The van der Waals surface area contributed by atoms with Gasteiger partial charge in [0.15, 0.2) is 0 Å². The van der Waals surface area contributed by atoms with Crippen LogP contribution < -0.4 is 0 Å². The number of nitrogens with zero attached hydrogens (tertiary/aromatic N) is 4. The van der Waals surface area contributed by atoms with Crippen LogP contribution in [-0.2, 0) is 0 Å². The van der Waals surface area contributed by atoms with Gasteiger partial charge in [-0.3, -0.25) is 19.9 Å². The fraction of sp³-hybridized carbons (Fsp3) is 0. The molecule has 0 saturated heterocycles. The summed E-state index contributed by atoms with van der Waals surface area (Å²) in [6, 6.07) is 47.6. The van der Waals surface area contributed by atoms with Crippen LogP contribution in [0.5, 0.6) is 0 Å². The molecule has 9 rings (SSSR count). The molecule has 4 heteroatoms. The molecule has 4 aromatic heterocycles. The van der Waals surface area contributed by atoms with Crippen molar-refractivity contribution in [3.8, 4) is 66.8 Å². The van der Waals surface area contributed by atoms with E-state index in [9.17, 15) is 0 Å². The highest BCUT2D eigenvalue weighted by molar-refractivity contribution is 6.23. The zero-order valence-electron chi connectivity index (χ0n) is 27.1. The van der Waals surface area contributed by atoms with E-state index in [1.807, 2.05) is 49.6 Å². The van der Waals surface area contributed by atoms with Crippen molar-refractivity contribution < 1.29 is 0 Å². The lowest BCUT2D eigenvalue weighted by atomic mass is 9.82. The Bertz CT molecular complexity index is 2640. The van der Waals surface area contributed by atoms with Gasteiger partial charge in [0.25, 0.3) is 0 Å². The lowest BCUT2D eigenvalue weighted by Gasteiger charge is -2.21. The Kier molecular flexibility index (Phi) is 7.45. The van der Waals surface area contributed by atoms with Crippen molar-refractivity contribution in [3.63, 3.8) is 0 Å². The predicted molar refractivity (Wildman–Crippen MR) is 205 cm³/mol. The first-order chi connectivity index (χ1) is 24.8. The Balaban J connectivity index is 1.39. The third-order valence-corrected chi connectivity index (χ3v) is 9.49. The Morgan fingerprint density at radius 1 is 0.260 bits per heavy atom. The maximum Gasteiger partial charge on any atom is 0.0352 e. The molecule has 0 unspecified atom stereocenters. The molecule has 0 saturated carbocycles. The van der Waals surface area contributed by atoms with Gasteiger partial charge in [0.05, 0.1) is 0 Å². The molecule has 0 bridgehead atoms. The van der Waals surface area contributed by atoms with Crippen LogP contribution in [0.25, 0.3) is 88.3 Å². The number of benzene rings is 5. The molecule has 0 aliphatic carbocycles. The van der Waals surface area contributed by atoms with E-state index < -0.39 is 0 Å². The first-order valence-electron chi connectivity index (χ1n) is 16.7. The van der Waals surface area contributed by atoms with E-state index in [-0.39, 0.29) is 0 Å². The van der Waals surface area contributed by atoms with Gasteiger partial charge in [0, 0.05) is 60.7 Å². The van der Waals surface area contributed by atoms with Crippen molar-refractivity contribution in [2.24, 2.45) is 0 Å². The molecular weight excluding hydrogens is 609 g/mol. The lowest BCUT2D eigenvalue weighted by Crippen LogP contribution is -1.95. The normalized spacial score (nSPS) is 11.2. The summed E-state index contributed by atoms with van der Waals surface area (Å²) in [7, 11) is 0. The maximum atomic E-state index is 4.59. The third-order valence-electron chi connectivity index (χ3n) is 9.49. The summed E-state index contributed by atoms with van der Waals surface area (Å²) >= 11 is 0. The monoisotopic (exact) mass is 638 g/mol. The van der Waals surface area contributed by atoms with Gasteiger partial charge in [0.2, 0.25) is 0 Å². The molecule has 0 radical (unpaired) electrons. The summed E-state index contributed by atoms with van der Waals surface area (Å²) in [4.78, 5) is 17.7. The van der Waals surface area contributed by atoms with E-state index in [1.165, 1.54) is 49.4 Å². The average molecular weight is 639 g/mol. The van der Waals surface area contributed by atoms with Gasteiger partial charge in [-0.25, -0.2) is 0 Å². The molecule has 0 N–H and O–H groups in total. The highest BCUT2D eigenvalue weighted by Gasteiger charge is 2.21. The van der Waals surface area contributed by atoms with Gasteiger partial charge in [-0.15, -0.1) is 0 Å². The van der Waals surface area contributed by atoms with E-state index in [1.54, 1.807) is 0 Å². The summed E-state index contributed by atoms with van der Waals surface area (Å²) in [6.07, 6.45) is 15.1. The second-order valence-electron chi connectivity index (χ2n) is 12.3. The Labute approximate surface area is 290 Å². The minimum Gasteiger partial charge on any atom is -0.265 e. The number of hydrogen-bond donors (Lipinski definition) is 0. The first-order valence-corrected chi connectivity index (χ1v) is 16.7. The maximum absolute atomic E-state index is 4.59. The van der Waals surface area contributed by atoms with E-state index in [2.05, 4.69) is 153 Å². The van der Waals surface area contributed by atoms with E-state index >= 15 is 0 Å². The van der Waals surface area contributed by atoms with Crippen molar-refractivity contribution in [2.45, 2.75) is 0 Å². The summed E-state index contributed by atoms with van der Waals surface area (Å²) < 4.78 is 0. The van der Waals surface area contributed by atoms with Crippen LogP contribution >= 0.6 is 0 Å². The van der Waals surface area contributed by atoms with Crippen LogP contribution in [0.15, 0.2) is 183 Å². The predicted octanol–water partition coefficient (Wildman–Crippen LogP) is 11.6. The summed E-state index contributed by atoms with van der Waals surface area (Å²) in [5, 5.41) is 4.68. The molecule has 0 amide bonds. The van der Waals surface area contributed by atoms with E-state index in [4.69, 9.17) is 0 Å². The topological polar surface area (TPSA) is 51.6 Å². The third kappa shape index (κ3) is 5.20. The zero-order chi connectivity index (χ0) is 33.3. The Hall–Kier alpha value is -6.78. The summed E-state index contributed by atoms with van der Waals surface area (Å²) in [5.74, 6) is 0. The fourth-order valence-electron chi connectivity index (χ4n) is 7.20. The van der Waals surface area contributed by atoms with Crippen LogP contribution in [-0.4, -0.2) is 19.9 Å². The molecule has 234 valence electrons. The Morgan fingerprint density at radius 2 is 0.720 bits per heavy atom. The van der Waals surface area contributed by atoms with Crippen LogP contribution in [0.4, 0.5) is 0 Å². The zero-order valence-corrected chi connectivity index (χ0v) is 27.1. The van der Waals surface area contributed by atoms with Gasteiger partial charge in [-0.2, -0.15) is 0 Å². The Morgan fingerprint density at radius 3 is 1.32 bits per heavy atom. The van der Waals surface area contributed by atoms with E-state index in [0.717, 1.165) is 38.9 Å². The number of pyridine rings is 4. The second-order valence-corrected chi connectivity index (χ2v) is 12.3. The van der Waals surface area contributed by atoms with Crippen LogP contribution in [0.2, 0.25) is 0 Å². The summed E-state index contributed by atoms with van der Waals surface area (Å²) in [5.41, 5.74) is 13.6. The molecule has 0 fully saturated rings. The minimum absolute atomic E-state index is 1.06. The molecule has 0 aliphatic heterocycles. The van der Waals surface area contributed by atoms with Gasteiger partial charge in [-0.05, 0) is 126 Å². The number of hydrogen-bond acceptors (Lipinski definition) is 4. The molecular formula is C46H30N4. The quantitative estimate of drug-likeness (QED) is 0.170. The molecule has 0 aliphatic rings. The number of aromatic nitrogens is 4. The summed E-state index contributed by atoms with van der Waals surface area (Å²) in [6.45, 7) is 0. The number of fused-ring (bicyclic) bond motifs is 2. The van der Waals surface area contributed by atoms with Crippen LogP contribution in [0.1, 0.15) is 0 Å². The SMILES string of the molecule is c1ccc(-c2cccc(-c3ccc4c(-c5ccncc5-c5ccncc5)c5ccccc5c(-c5ccncc5-c5ccncc5)c4c3)c2)cc1. The average Bonchev–Trinajstić information content (AvgIpc) is 3.21. The van der Waals surface area contributed by atoms with Gasteiger partial charge in [0.1, 0.15) is 0 Å². The largest absolute Gasteiger partial charge is 0.265 e. The molecule has 5 aromatic carbocycles.